The summed E-state index contributed by atoms with van der Waals surface area (Å²) in [6.07, 6.45) is 8.50. The van der Waals surface area contributed by atoms with Crippen molar-refractivity contribution < 1.29 is 4.74 Å². The summed E-state index contributed by atoms with van der Waals surface area (Å²) < 4.78 is 6.28. The molecule has 0 saturated heterocycles. The van der Waals surface area contributed by atoms with Gasteiger partial charge in [0.2, 0.25) is 0 Å². The Bertz CT molecular complexity index is 422. The Hall–Kier alpha value is -0.450. The highest BCUT2D eigenvalue weighted by Crippen LogP contribution is 2.42. The van der Waals surface area contributed by atoms with Gasteiger partial charge in [0.05, 0.1) is 5.69 Å². The Kier molecular flexibility index (Phi) is 6.65. The average molecular weight is 311 g/mol. The minimum atomic E-state index is -0.107. The highest BCUT2D eigenvalue weighted by Gasteiger charge is 2.37. The third-order valence-electron chi connectivity index (χ3n) is 4.37. The highest BCUT2D eigenvalue weighted by molar-refractivity contribution is 7.11. The van der Waals surface area contributed by atoms with Gasteiger partial charge in [-0.3, -0.25) is 0 Å². The van der Waals surface area contributed by atoms with Gasteiger partial charge in [-0.15, -0.1) is 11.3 Å². The van der Waals surface area contributed by atoms with Crippen molar-refractivity contribution in [3.05, 3.63) is 15.6 Å². The normalized spacial score (nSPS) is 18.6. The molecule has 1 aromatic rings. The molecule has 0 radical (unpaired) electrons. The van der Waals surface area contributed by atoms with Crippen LogP contribution in [0.5, 0.6) is 0 Å². The lowest BCUT2D eigenvalue weighted by atomic mass is 9.95. The molecule has 2 rings (SSSR count). The molecular formula is C17H30N2OS. The van der Waals surface area contributed by atoms with Gasteiger partial charge < -0.3 is 10.1 Å². The first-order valence-corrected chi connectivity index (χ1v) is 9.41. The SMILES string of the molecule is CCNCc1sc(C2(OCC)CCCCCC2)nc1CC. The van der Waals surface area contributed by atoms with E-state index in [9.17, 15) is 0 Å². The van der Waals surface area contributed by atoms with Crippen LogP contribution >= 0.6 is 11.3 Å². The zero-order chi connectivity index (χ0) is 15.1. The summed E-state index contributed by atoms with van der Waals surface area (Å²) in [5, 5.41) is 4.67. The summed E-state index contributed by atoms with van der Waals surface area (Å²) in [4.78, 5) is 6.39. The van der Waals surface area contributed by atoms with E-state index < -0.39 is 0 Å². The number of nitrogens with one attached hydrogen (secondary N) is 1. The molecule has 0 unspecified atom stereocenters. The molecule has 0 atom stereocenters. The fourth-order valence-corrected chi connectivity index (χ4v) is 4.55. The molecule has 1 aliphatic rings. The monoisotopic (exact) mass is 310 g/mol. The quantitative estimate of drug-likeness (QED) is 0.758. The van der Waals surface area contributed by atoms with Gasteiger partial charge in [0, 0.05) is 18.0 Å². The summed E-state index contributed by atoms with van der Waals surface area (Å²) >= 11 is 1.88. The van der Waals surface area contributed by atoms with Crippen LogP contribution in [-0.2, 0) is 23.3 Å². The molecule has 1 aliphatic carbocycles. The number of hydrogen-bond acceptors (Lipinski definition) is 4. The fraction of sp³-hybridized carbons (Fsp3) is 0.824. The second-order valence-electron chi connectivity index (χ2n) is 5.86. The summed E-state index contributed by atoms with van der Waals surface area (Å²) in [6.45, 7) is 9.20. The van der Waals surface area contributed by atoms with Gasteiger partial charge in [-0.05, 0) is 32.7 Å². The molecule has 0 amide bonds. The topological polar surface area (TPSA) is 34.1 Å². The lowest BCUT2D eigenvalue weighted by Crippen LogP contribution is -2.29. The number of hydrogen-bond donors (Lipinski definition) is 1. The maximum Gasteiger partial charge on any atom is 0.125 e. The Morgan fingerprint density at radius 3 is 2.43 bits per heavy atom. The number of aromatic nitrogens is 1. The molecule has 1 heterocycles. The summed E-state index contributed by atoms with van der Waals surface area (Å²) in [5.74, 6) is 0. The van der Waals surface area contributed by atoms with Crippen LogP contribution < -0.4 is 5.32 Å². The van der Waals surface area contributed by atoms with E-state index in [0.29, 0.717) is 0 Å². The third-order valence-corrected chi connectivity index (χ3v) is 5.65. The number of rotatable bonds is 7. The van der Waals surface area contributed by atoms with Crippen LogP contribution in [0.25, 0.3) is 0 Å². The van der Waals surface area contributed by atoms with Crippen molar-refractivity contribution in [2.75, 3.05) is 13.2 Å². The maximum absolute atomic E-state index is 6.28. The second kappa shape index (κ2) is 8.25. The van der Waals surface area contributed by atoms with E-state index in [1.54, 1.807) is 0 Å². The molecular weight excluding hydrogens is 280 g/mol. The number of nitrogens with zero attached hydrogens (tertiary/aromatic N) is 1. The molecule has 1 aromatic heterocycles. The fourth-order valence-electron chi connectivity index (χ4n) is 3.23. The zero-order valence-corrected chi connectivity index (χ0v) is 14.7. The number of thiazole rings is 1. The van der Waals surface area contributed by atoms with Gasteiger partial charge in [0.15, 0.2) is 0 Å². The first kappa shape index (κ1) is 16.9. The lowest BCUT2D eigenvalue weighted by molar-refractivity contribution is -0.0560. The minimum Gasteiger partial charge on any atom is -0.368 e. The van der Waals surface area contributed by atoms with Crippen LogP contribution in [0.3, 0.4) is 0 Å². The van der Waals surface area contributed by atoms with Gasteiger partial charge in [-0.25, -0.2) is 4.98 Å². The molecule has 0 aliphatic heterocycles. The van der Waals surface area contributed by atoms with E-state index in [2.05, 4.69) is 26.1 Å². The van der Waals surface area contributed by atoms with Gasteiger partial charge in [0.1, 0.15) is 10.6 Å². The van der Waals surface area contributed by atoms with Crippen molar-refractivity contribution in [3.63, 3.8) is 0 Å². The lowest BCUT2D eigenvalue weighted by Gasteiger charge is -2.30. The van der Waals surface area contributed by atoms with E-state index in [-0.39, 0.29) is 5.60 Å². The summed E-state index contributed by atoms with van der Waals surface area (Å²) in [5.41, 5.74) is 1.16. The van der Waals surface area contributed by atoms with Crippen LogP contribution in [0.15, 0.2) is 0 Å². The molecule has 0 spiro atoms. The predicted molar refractivity (Wildman–Crippen MR) is 89.9 cm³/mol. The van der Waals surface area contributed by atoms with Gasteiger partial charge in [0.25, 0.3) is 0 Å². The third kappa shape index (κ3) is 4.05. The number of ether oxygens (including phenoxy) is 1. The minimum absolute atomic E-state index is 0.107. The Labute approximate surface area is 133 Å². The van der Waals surface area contributed by atoms with Crippen LogP contribution in [0.2, 0.25) is 0 Å². The Morgan fingerprint density at radius 2 is 1.86 bits per heavy atom. The van der Waals surface area contributed by atoms with Crippen LogP contribution in [0.1, 0.15) is 74.9 Å². The van der Waals surface area contributed by atoms with Crippen LogP contribution in [0.4, 0.5) is 0 Å². The van der Waals surface area contributed by atoms with Crippen molar-refractivity contribution in [1.82, 2.24) is 10.3 Å². The Morgan fingerprint density at radius 1 is 1.14 bits per heavy atom. The van der Waals surface area contributed by atoms with Crippen LogP contribution in [0, 0.1) is 0 Å². The van der Waals surface area contributed by atoms with Gasteiger partial charge in [-0.1, -0.05) is 39.5 Å². The first-order valence-electron chi connectivity index (χ1n) is 8.59. The molecule has 1 N–H and O–H groups in total. The van der Waals surface area contributed by atoms with E-state index in [1.807, 2.05) is 11.3 Å². The largest absolute Gasteiger partial charge is 0.368 e. The zero-order valence-electron chi connectivity index (χ0n) is 13.8. The molecule has 120 valence electrons. The molecule has 1 saturated carbocycles. The van der Waals surface area contributed by atoms with Gasteiger partial charge >= 0.3 is 0 Å². The first-order chi connectivity index (χ1) is 10.3. The summed E-state index contributed by atoms with van der Waals surface area (Å²) in [6, 6.07) is 0. The van der Waals surface area contributed by atoms with Crippen molar-refractivity contribution in [2.24, 2.45) is 0 Å². The average Bonchev–Trinajstić information content (AvgIpc) is 2.77. The van der Waals surface area contributed by atoms with E-state index >= 15 is 0 Å². The Balaban J connectivity index is 2.28. The van der Waals surface area contributed by atoms with Crippen molar-refractivity contribution in [3.8, 4) is 0 Å². The van der Waals surface area contributed by atoms with Gasteiger partial charge in [-0.2, -0.15) is 0 Å². The van der Waals surface area contributed by atoms with Crippen molar-refractivity contribution in [2.45, 2.75) is 77.9 Å². The summed E-state index contributed by atoms with van der Waals surface area (Å²) in [7, 11) is 0. The molecule has 1 fully saturated rings. The van der Waals surface area contributed by atoms with E-state index in [1.165, 1.54) is 41.3 Å². The molecule has 3 nitrogen and oxygen atoms in total. The smallest absolute Gasteiger partial charge is 0.125 e. The molecule has 0 aromatic carbocycles. The predicted octanol–water partition coefficient (Wildman–Crippen LogP) is 4.40. The highest BCUT2D eigenvalue weighted by atomic mass is 32.1. The molecule has 21 heavy (non-hydrogen) atoms. The van der Waals surface area contributed by atoms with Crippen LogP contribution in [-0.4, -0.2) is 18.1 Å². The van der Waals surface area contributed by atoms with E-state index in [0.717, 1.165) is 39.0 Å². The molecule has 0 bridgehead atoms. The van der Waals surface area contributed by atoms with Crippen molar-refractivity contribution in [1.29, 1.82) is 0 Å². The standard InChI is InChI=1S/C17H30N2OS/c1-4-14-15(13-18-5-2)21-16(19-14)17(20-6-3)11-9-7-8-10-12-17/h18H,4-13H2,1-3H3. The van der Waals surface area contributed by atoms with E-state index in [4.69, 9.17) is 9.72 Å². The number of aryl methyl sites for hydroxylation is 1. The maximum atomic E-state index is 6.28. The molecule has 4 heteroatoms. The van der Waals surface area contributed by atoms with Crippen molar-refractivity contribution >= 4 is 11.3 Å². The second-order valence-corrected chi connectivity index (χ2v) is 6.95.